The lowest BCUT2D eigenvalue weighted by Gasteiger charge is -2.46. The Morgan fingerprint density at radius 2 is 0.938 bits per heavy atom. The Labute approximate surface area is 283 Å². The van der Waals surface area contributed by atoms with Gasteiger partial charge in [0.15, 0.2) is 6.23 Å². The third-order valence-corrected chi connectivity index (χ3v) is 8.28. The van der Waals surface area contributed by atoms with E-state index in [1.165, 1.54) is 0 Å². The Morgan fingerprint density at radius 1 is 0.500 bits per heavy atom. The van der Waals surface area contributed by atoms with E-state index in [0.717, 1.165) is 33.7 Å². The molecule has 1 saturated heterocycles. The van der Waals surface area contributed by atoms with E-state index in [1.54, 1.807) is 7.11 Å². The van der Waals surface area contributed by atoms with Gasteiger partial charge in [-0.1, -0.05) is 121 Å². The van der Waals surface area contributed by atoms with Gasteiger partial charge in [0.1, 0.15) is 30.2 Å². The summed E-state index contributed by atoms with van der Waals surface area (Å²) in [5.41, 5.74) is 5.12. The van der Waals surface area contributed by atoms with Gasteiger partial charge in [-0.15, -0.1) is 0 Å². The summed E-state index contributed by atoms with van der Waals surface area (Å²) in [7, 11) is 1.66. The summed E-state index contributed by atoms with van der Waals surface area (Å²) in [6, 6.07) is 48.3. The normalized spacial score (nSPS) is 20.6. The van der Waals surface area contributed by atoms with Crippen LogP contribution in [0, 0.1) is 0 Å². The van der Waals surface area contributed by atoms with Gasteiger partial charge in [-0.05, 0) is 46.5 Å². The molecule has 48 heavy (non-hydrogen) atoms. The zero-order valence-electron chi connectivity index (χ0n) is 27.2. The molecule has 0 aromatic heterocycles. The molecule has 7 nitrogen and oxygen atoms in total. The first-order valence-corrected chi connectivity index (χ1v) is 16.4. The van der Waals surface area contributed by atoms with Crippen LogP contribution in [-0.2, 0) is 50.1 Å². The fraction of sp³-hybridized carbons (Fsp3) is 0.268. The fourth-order valence-electron chi connectivity index (χ4n) is 5.76. The van der Waals surface area contributed by atoms with Gasteiger partial charge in [-0.3, -0.25) is 0 Å². The van der Waals surface area contributed by atoms with Crippen molar-refractivity contribution in [1.82, 2.24) is 0 Å². The maximum absolute atomic E-state index is 6.87. The van der Waals surface area contributed by atoms with Crippen LogP contribution < -0.4 is 10.1 Å². The highest BCUT2D eigenvalue weighted by Gasteiger charge is 2.48. The number of nitrogens with one attached hydrogen (secondary N) is 1. The molecule has 1 heterocycles. The average Bonchev–Trinajstić information content (AvgIpc) is 3.15. The van der Waals surface area contributed by atoms with E-state index in [-0.39, 0.29) is 0 Å². The Bertz CT molecular complexity index is 1610. The largest absolute Gasteiger partial charge is 0.497 e. The van der Waals surface area contributed by atoms with Crippen molar-refractivity contribution in [3.8, 4) is 5.75 Å². The average molecular weight is 646 g/mol. The minimum Gasteiger partial charge on any atom is -0.497 e. The second-order valence-electron chi connectivity index (χ2n) is 11.8. The van der Waals surface area contributed by atoms with E-state index in [9.17, 15) is 0 Å². The van der Waals surface area contributed by atoms with E-state index in [2.05, 4.69) is 53.8 Å². The molecular weight excluding hydrogens is 602 g/mol. The maximum atomic E-state index is 6.87. The van der Waals surface area contributed by atoms with E-state index in [0.29, 0.717) is 33.0 Å². The van der Waals surface area contributed by atoms with Gasteiger partial charge >= 0.3 is 0 Å². The number of anilines is 1. The van der Waals surface area contributed by atoms with Crippen molar-refractivity contribution in [3.05, 3.63) is 168 Å². The molecule has 5 aromatic carbocycles. The molecule has 0 radical (unpaired) electrons. The quantitative estimate of drug-likeness (QED) is 0.117. The molecule has 0 unspecified atom stereocenters. The molecule has 5 atom stereocenters. The number of benzene rings is 5. The molecule has 0 saturated carbocycles. The smallest absolute Gasteiger partial charge is 0.157 e. The van der Waals surface area contributed by atoms with Crippen molar-refractivity contribution in [2.45, 2.75) is 57.1 Å². The number of hydrogen-bond acceptors (Lipinski definition) is 7. The summed E-state index contributed by atoms with van der Waals surface area (Å²) in [4.78, 5) is 0. The lowest BCUT2D eigenvalue weighted by molar-refractivity contribution is -0.267. The molecule has 1 N–H and O–H groups in total. The van der Waals surface area contributed by atoms with Gasteiger partial charge in [-0.25, -0.2) is 0 Å². The topological polar surface area (TPSA) is 67.4 Å². The molecule has 1 aliphatic rings. The Hall–Kier alpha value is -4.50. The van der Waals surface area contributed by atoms with Crippen molar-refractivity contribution >= 4 is 5.69 Å². The molecule has 7 heteroatoms. The number of hydrogen-bond donors (Lipinski definition) is 1. The molecule has 0 aliphatic carbocycles. The van der Waals surface area contributed by atoms with E-state index in [1.807, 2.05) is 97.1 Å². The first-order valence-electron chi connectivity index (χ1n) is 16.4. The first-order chi connectivity index (χ1) is 23.7. The van der Waals surface area contributed by atoms with Crippen LogP contribution in [0.3, 0.4) is 0 Å². The van der Waals surface area contributed by atoms with Crippen molar-refractivity contribution in [1.29, 1.82) is 0 Å². The second-order valence-corrected chi connectivity index (χ2v) is 11.8. The van der Waals surface area contributed by atoms with E-state index in [4.69, 9.17) is 28.4 Å². The van der Waals surface area contributed by atoms with Gasteiger partial charge in [0.2, 0.25) is 0 Å². The molecule has 5 aromatic rings. The van der Waals surface area contributed by atoms with Crippen LogP contribution in [0.2, 0.25) is 0 Å². The van der Waals surface area contributed by atoms with Gasteiger partial charge in [0.05, 0.1) is 40.1 Å². The monoisotopic (exact) mass is 645 g/mol. The highest BCUT2D eigenvalue weighted by Crippen LogP contribution is 2.32. The summed E-state index contributed by atoms with van der Waals surface area (Å²) < 4.78 is 38.9. The summed E-state index contributed by atoms with van der Waals surface area (Å²) in [6.45, 7) is 1.89. The highest BCUT2D eigenvalue weighted by atomic mass is 16.6. The minimum atomic E-state index is -0.579. The standard InChI is InChI=1S/C41H43NO6/c1-43-36-24-22-35(23-25-36)42-41-40(47-29-34-20-12-5-13-21-34)39(46-28-33-18-10-4-11-19-33)38(45-27-32-16-8-3-9-17-32)37(48-41)30-44-26-31-14-6-2-7-15-31/h2-25,37-42H,26-30H2,1H3/t37-,38-,39+,40-,41-/m1/s1. The van der Waals surface area contributed by atoms with Gasteiger partial charge in [0.25, 0.3) is 0 Å². The van der Waals surface area contributed by atoms with Crippen molar-refractivity contribution in [3.63, 3.8) is 0 Å². The van der Waals surface area contributed by atoms with E-state index < -0.39 is 30.6 Å². The Kier molecular flexibility index (Phi) is 12.2. The Morgan fingerprint density at radius 3 is 1.42 bits per heavy atom. The highest BCUT2D eigenvalue weighted by molar-refractivity contribution is 5.47. The zero-order chi connectivity index (χ0) is 32.8. The van der Waals surface area contributed by atoms with E-state index >= 15 is 0 Å². The molecule has 0 amide bonds. The molecule has 248 valence electrons. The molecule has 0 bridgehead atoms. The third-order valence-electron chi connectivity index (χ3n) is 8.28. The van der Waals surface area contributed by atoms with Crippen molar-refractivity contribution < 1.29 is 28.4 Å². The lowest BCUT2D eigenvalue weighted by atomic mass is 9.96. The molecule has 0 spiro atoms. The van der Waals surface area contributed by atoms with Crippen LogP contribution >= 0.6 is 0 Å². The van der Waals surface area contributed by atoms with Crippen LogP contribution in [-0.4, -0.2) is 44.4 Å². The molecule has 6 rings (SSSR count). The number of methoxy groups -OCH3 is 1. The number of ether oxygens (including phenoxy) is 6. The summed E-state index contributed by atoms with van der Waals surface area (Å²) >= 11 is 0. The van der Waals surface area contributed by atoms with Crippen LogP contribution in [0.5, 0.6) is 5.75 Å². The summed E-state index contributed by atoms with van der Waals surface area (Å²) in [5, 5.41) is 3.59. The Balaban J connectivity index is 1.32. The predicted octanol–water partition coefficient (Wildman–Crippen LogP) is 7.81. The van der Waals surface area contributed by atoms with Crippen LogP contribution in [0.1, 0.15) is 22.3 Å². The van der Waals surface area contributed by atoms with Crippen molar-refractivity contribution in [2.75, 3.05) is 19.0 Å². The van der Waals surface area contributed by atoms with Gasteiger partial charge in [-0.2, -0.15) is 0 Å². The van der Waals surface area contributed by atoms with Gasteiger partial charge < -0.3 is 33.7 Å². The SMILES string of the molecule is COc1ccc(N[C@@H]2O[C@H](COCc3ccccc3)[C@@H](OCc3ccccc3)[C@H](OCc3ccccc3)[C@H]2OCc2ccccc2)cc1. The molecular formula is C41H43NO6. The zero-order valence-corrected chi connectivity index (χ0v) is 27.2. The van der Waals surface area contributed by atoms with Crippen molar-refractivity contribution in [2.24, 2.45) is 0 Å². The number of rotatable bonds is 16. The molecule has 1 aliphatic heterocycles. The van der Waals surface area contributed by atoms with Crippen LogP contribution in [0.15, 0.2) is 146 Å². The first kappa shape index (κ1) is 33.4. The second kappa shape index (κ2) is 17.6. The summed E-state index contributed by atoms with van der Waals surface area (Å²) in [5.74, 6) is 0.771. The molecule has 1 fully saturated rings. The summed E-state index contributed by atoms with van der Waals surface area (Å²) in [6.07, 6.45) is -2.59. The third kappa shape index (κ3) is 9.53. The predicted molar refractivity (Wildman–Crippen MR) is 186 cm³/mol. The van der Waals surface area contributed by atoms with Gasteiger partial charge in [0, 0.05) is 5.69 Å². The fourth-order valence-corrected chi connectivity index (χ4v) is 5.76. The maximum Gasteiger partial charge on any atom is 0.157 e. The van der Waals surface area contributed by atoms with Crippen LogP contribution in [0.25, 0.3) is 0 Å². The minimum absolute atomic E-state index is 0.297. The van der Waals surface area contributed by atoms with Crippen LogP contribution in [0.4, 0.5) is 5.69 Å². The lowest BCUT2D eigenvalue weighted by Crippen LogP contribution is -2.63.